The number of aromatic nitrogens is 1. The normalized spacial score (nSPS) is 10.9. The van der Waals surface area contributed by atoms with Gasteiger partial charge in [-0.2, -0.15) is 0 Å². The molecule has 3 aromatic rings. The van der Waals surface area contributed by atoms with E-state index in [-0.39, 0.29) is 11.6 Å². The fourth-order valence-electron chi connectivity index (χ4n) is 2.25. The molecule has 0 saturated heterocycles. The summed E-state index contributed by atoms with van der Waals surface area (Å²) >= 11 is 0. The van der Waals surface area contributed by atoms with Gasteiger partial charge in [0.15, 0.2) is 0 Å². The van der Waals surface area contributed by atoms with E-state index in [1.54, 1.807) is 29.8 Å². The second kappa shape index (κ2) is 4.96. The standard InChI is InChI=1S/C16H13F2NO/c1-19-13(9-11-3-2-4-15(18)16(11)19)10-20-14-7-5-12(17)6-8-14/h2-9H,10H2,1H3. The smallest absolute Gasteiger partial charge is 0.147 e. The van der Waals surface area contributed by atoms with Gasteiger partial charge in [-0.15, -0.1) is 0 Å². The average molecular weight is 273 g/mol. The number of para-hydroxylation sites is 1. The molecule has 0 bridgehead atoms. The van der Waals surface area contributed by atoms with Crippen molar-refractivity contribution < 1.29 is 13.5 Å². The van der Waals surface area contributed by atoms with Crippen LogP contribution < -0.4 is 4.74 Å². The van der Waals surface area contributed by atoms with E-state index < -0.39 is 0 Å². The van der Waals surface area contributed by atoms with Crippen molar-refractivity contribution in [3.05, 3.63) is 65.9 Å². The molecule has 0 radical (unpaired) electrons. The second-order valence-corrected chi connectivity index (χ2v) is 4.61. The van der Waals surface area contributed by atoms with Crippen molar-refractivity contribution in [1.82, 2.24) is 4.57 Å². The third-order valence-electron chi connectivity index (χ3n) is 3.31. The van der Waals surface area contributed by atoms with E-state index in [0.717, 1.165) is 11.1 Å². The van der Waals surface area contributed by atoms with E-state index >= 15 is 0 Å². The largest absolute Gasteiger partial charge is 0.487 e. The maximum absolute atomic E-state index is 13.8. The number of halogens is 2. The van der Waals surface area contributed by atoms with Crippen LogP contribution in [-0.4, -0.2) is 4.57 Å². The van der Waals surface area contributed by atoms with Crippen LogP contribution >= 0.6 is 0 Å². The minimum atomic E-state index is -0.302. The number of fused-ring (bicyclic) bond motifs is 1. The summed E-state index contributed by atoms with van der Waals surface area (Å²) in [5.74, 6) is 0.0270. The van der Waals surface area contributed by atoms with Crippen LogP contribution in [0.4, 0.5) is 8.78 Å². The van der Waals surface area contributed by atoms with Gasteiger partial charge >= 0.3 is 0 Å². The zero-order valence-corrected chi connectivity index (χ0v) is 10.9. The Hall–Kier alpha value is -2.36. The predicted octanol–water partition coefficient (Wildman–Crippen LogP) is 4.04. The molecule has 0 unspecified atom stereocenters. The van der Waals surface area contributed by atoms with E-state index in [0.29, 0.717) is 17.9 Å². The van der Waals surface area contributed by atoms with Gasteiger partial charge in [-0.3, -0.25) is 0 Å². The van der Waals surface area contributed by atoms with Gasteiger partial charge in [0.2, 0.25) is 0 Å². The number of hydrogen-bond acceptors (Lipinski definition) is 1. The lowest BCUT2D eigenvalue weighted by Gasteiger charge is -2.07. The summed E-state index contributed by atoms with van der Waals surface area (Å²) in [4.78, 5) is 0. The first-order valence-corrected chi connectivity index (χ1v) is 6.26. The average Bonchev–Trinajstić information content (AvgIpc) is 2.76. The molecule has 0 saturated carbocycles. The van der Waals surface area contributed by atoms with Gasteiger partial charge < -0.3 is 9.30 Å². The van der Waals surface area contributed by atoms with Crippen LogP contribution in [-0.2, 0) is 13.7 Å². The molecule has 0 fully saturated rings. The van der Waals surface area contributed by atoms with Gasteiger partial charge in [0.1, 0.15) is 24.0 Å². The van der Waals surface area contributed by atoms with Crippen molar-refractivity contribution in [2.45, 2.75) is 6.61 Å². The lowest BCUT2D eigenvalue weighted by molar-refractivity contribution is 0.297. The summed E-state index contributed by atoms with van der Waals surface area (Å²) in [5.41, 5.74) is 1.42. The van der Waals surface area contributed by atoms with Gasteiger partial charge in [-0.05, 0) is 36.4 Å². The molecule has 102 valence electrons. The van der Waals surface area contributed by atoms with Crippen LogP contribution in [0.1, 0.15) is 5.69 Å². The summed E-state index contributed by atoms with van der Waals surface area (Å²) in [6.45, 7) is 0.302. The van der Waals surface area contributed by atoms with E-state index in [9.17, 15) is 8.78 Å². The number of benzene rings is 2. The molecule has 0 aliphatic heterocycles. The van der Waals surface area contributed by atoms with Crippen molar-refractivity contribution >= 4 is 10.9 Å². The molecule has 0 aliphatic carbocycles. The lowest BCUT2D eigenvalue weighted by atomic mass is 10.2. The highest BCUT2D eigenvalue weighted by Gasteiger charge is 2.10. The Balaban J connectivity index is 1.86. The van der Waals surface area contributed by atoms with Crippen LogP contribution in [0.15, 0.2) is 48.5 Å². The zero-order valence-electron chi connectivity index (χ0n) is 10.9. The predicted molar refractivity (Wildman–Crippen MR) is 73.6 cm³/mol. The van der Waals surface area contributed by atoms with E-state index in [2.05, 4.69) is 0 Å². The first kappa shape index (κ1) is 12.7. The van der Waals surface area contributed by atoms with E-state index in [4.69, 9.17) is 4.74 Å². The Labute approximate surface area is 115 Å². The third kappa shape index (κ3) is 2.25. The molecule has 2 aromatic carbocycles. The SMILES string of the molecule is Cn1c(COc2ccc(F)cc2)cc2cccc(F)c21. The van der Waals surface area contributed by atoms with Crippen LogP contribution in [0, 0.1) is 11.6 Å². The molecule has 1 heterocycles. The summed E-state index contributed by atoms with van der Waals surface area (Å²) in [6, 6.07) is 12.7. The fourth-order valence-corrected chi connectivity index (χ4v) is 2.25. The van der Waals surface area contributed by atoms with Crippen molar-refractivity contribution in [2.24, 2.45) is 7.05 Å². The van der Waals surface area contributed by atoms with Gasteiger partial charge in [-0.1, -0.05) is 12.1 Å². The molecule has 4 heteroatoms. The molecule has 0 spiro atoms. The van der Waals surface area contributed by atoms with Gasteiger partial charge in [0.05, 0.1) is 11.2 Å². The third-order valence-corrected chi connectivity index (χ3v) is 3.31. The van der Waals surface area contributed by atoms with E-state index in [1.165, 1.54) is 18.2 Å². The summed E-state index contributed by atoms with van der Waals surface area (Å²) < 4.78 is 33.9. The fraction of sp³-hybridized carbons (Fsp3) is 0.125. The number of rotatable bonds is 3. The number of aryl methyl sites for hydroxylation is 1. The molecule has 20 heavy (non-hydrogen) atoms. The monoisotopic (exact) mass is 273 g/mol. The second-order valence-electron chi connectivity index (χ2n) is 4.61. The van der Waals surface area contributed by atoms with Crippen molar-refractivity contribution in [2.75, 3.05) is 0 Å². The molecule has 0 atom stereocenters. The van der Waals surface area contributed by atoms with Crippen molar-refractivity contribution in [3.8, 4) is 5.75 Å². The molecule has 1 aromatic heterocycles. The van der Waals surface area contributed by atoms with Gasteiger partial charge in [-0.25, -0.2) is 8.78 Å². The van der Waals surface area contributed by atoms with E-state index in [1.807, 2.05) is 12.1 Å². The summed E-state index contributed by atoms with van der Waals surface area (Å²) in [6.07, 6.45) is 0. The zero-order chi connectivity index (χ0) is 14.1. The molecule has 0 aliphatic rings. The first-order valence-electron chi connectivity index (χ1n) is 6.26. The molecular formula is C16H13F2NO. The van der Waals surface area contributed by atoms with Gasteiger partial charge in [0.25, 0.3) is 0 Å². The number of hydrogen-bond donors (Lipinski definition) is 0. The van der Waals surface area contributed by atoms with Crippen LogP contribution in [0.25, 0.3) is 10.9 Å². The van der Waals surface area contributed by atoms with Crippen LogP contribution in [0.5, 0.6) is 5.75 Å². The Morgan fingerprint density at radius 3 is 2.50 bits per heavy atom. The number of nitrogens with zero attached hydrogens (tertiary/aromatic N) is 1. The topological polar surface area (TPSA) is 14.2 Å². The number of ether oxygens (including phenoxy) is 1. The Morgan fingerprint density at radius 2 is 1.80 bits per heavy atom. The molecular weight excluding hydrogens is 260 g/mol. The highest BCUT2D eigenvalue weighted by Crippen LogP contribution is 2.22. The molecule has 3 rings (SSSR count). The molecule has 0 amide bonds. The van der Waals surface area contributed by atoms with Crippen molar-refractivity contribution in [1.29, 1.82) is 0 Å². The summed E-state index contributed by atoms with van der Waals surface area (Å²) in [5, 5.41) is 0.838. The lowest BCUT2D eigenvalue weighted by Crippen LogP contribution is -2.02. The maximum Gasteiger partial charge on any atom is 0.147 e. The summed E-state index contributed by atoms with van der Waals surface area (Å²) in [7, 11) is 1.80. The first-order chi connectivity index (χ1) is 9.65. The molecule has 0 N–H and O–H groups in total. The maximum atomic E-state index is 13.8. The minimum absolute atomic E-state index is 0.252. The van der Waals surface area contributed by atoms with Crippen molar-refractivity contribution in [3.63, 3.8) is 0 Å². The van der Waals surface area contributed by atoms with Crippen LogP contribution in [0.3, 0.4) is 0 Å². The van der Waals surface area contributed by atoms with Gasteiger partial charge in [0, 0.05) is 12.4 Å². The minimum Gasteiger partial charge on any atom is -0.487 e. The highest BCUT2D eigenvalue weighted by molar-refractivity contribution is 5.81. The van der Waals surface area contributed by atoms with Crippen LogP contribution in [0.2, 0.25) is 0 Å². The molecule has 2 nitrogen and oxygen atoms in total. The Bertz CT molecular complexity index is 747. The quantitative estimate of drug-likeness (QED) is 0.702. The Morgan fingerprint density at radius 1 is 1.05 bits per heavy atom. The highest BCUT2D eigenvalue weighted by atomic mass is 19.1. The Kier molecular flexibility index (Phi) is 3.14.